The van der Waals surface area contributed by atoms with Crippen molar-refractivity contribution in [1.29, 1.82) is 0 Å². The van der Waals surface area contributed by atoms with E-state index in [1.54, 1.807) is 13.0 Å². The van der Waals surface area contributed by atoms with Crippen LogP contribution in [-0.4, -0.2) is 33.2 Å². The van der Waals surface area contributed by atoms with Crippen LogP contribution in [-0.2, 0) is 11.2 Å². The van der Waals surface area contributed by atoms with Gasteiger partial charge in [0.2, 0.25) is 0 Å². The third-order valence-electron chi connectivity index (χ3n) is 6.12. The van der Waals surface area contributed by atoms with E-state index < -0.39 is 5.97 Å². The number of rotatable bonds is 7. The zero-order valence-corrected chi connectivity index (χ0v) is 20.6. The standard InChI is InChI=1S/C30H26N4O3/c1-3-20-14-16-21(17-15-20)27-18-24(23-12-8-9-13-26(23)32-27)29(35)33-28-25(30(36)37-4-2)19-31-34(28)22-10-6-5-7-11-22/h5-19H,3-4H2,1-2H3,(H,33,35). The first-order chi connectivity index (χ1) is 18.1. The molecule has 0 aliphatic carbocycles. The summed E-state index contributed by atoms with van der Waals surface area (Å²) >= 11 is 0. The molecule has 0 aliphatic rings. The number of ether oxygens (including phenoxy) is 1. The summed E-state index contributed by atoms with van der Waals surface area (Å²) in [4.78, 5) is 31.3. The minimum absolute atomic E-state index is 0.174. The van der Waals surface area contributed by atoms with Gasteiger partial charge in [0, 0.05) is 10.9 Å². The molecule has 0 radical (unpaired) electrons. The molecule has 0 spiro atoms. The Morgan fingerprint density at radius 3 is 2.35 bits per heavy atom. The van der Waals surface area contributed by atoms with Crippen molar-refractivity contribution in [3.05, 3.63) is 108 Å². The second-order valence-electron chi connectivity index (χ2n) is 8.45. The molecule has 5 aromatic rings. The van der Waals surface area contributed by atoms with Gasteiger partial charge in [-0.2, -0.15) is 5.10 Å². The van der Waals surface area contributed by atoms with E-state index in [2.05, 4.69) is 29.5 Å². The largest absolute Gasteiger partial charge is 0.462 e. The number of carbonyl (C=O) groups is 2. The molecule has 37 heavy (non-hydrogen) atoms. The first kappa shape index (κ1) is 23.9. The number of aromatic nitrogens is 3. The quantitative estimate of drug-likeness (QED) is 0.280. The van der Waals surface area contributed by atoms with Gasteiger partial charge in [0.1, 0.15) is 5.56 Å². The van der Waals surface area contributed by atoms with E-state index >= 15 is 0 Å². The molecule has 0 bridgehead atoms. The third kappa shape index (κ3) is 4.84. The summed E-state index contributed by atoms with van der Waals surface area (Å²) < 4.78 is 6.74. The van der Waals surface area contributed by atoms with E-state index in [0.29, 0.717) is 27.8 Å². The second kappa shape index (κ2) is 10.5. The van der Waals surface area contributed by atoms with Crippen LogP contribution in [0.2, 0.25) is 0 Å². The predicted octanol–water partition coefficient (Wildman–Crippen LogP) is 6.08. The van der Waals surface area contributed by atoms with Crippen molar-refractivity contribution in [3.8, 4) is 16.9 Å². The maximum Gasteiger partial charge on any atom is 0.343 e. The van der Waals surface area contributed by atoms with Gasteiger partial charge < -0.3 is 10.1 Å². The van der Waals surface area contributed by atoms with Gasteiger partial charge in [-0.1, -0.05) is 67.6 Å². The number of fused-ring (bicyclic) bond motifs is 1. The summed E-state index contributed by atoms with van der Waals surface area (Å²) in [7, 11) is 0. The molecule has 5 rings (SSSR count). The van der Waals surface area contributed by atoms with Crippen LogP contribution in [0.3, 0.4) is 0 Å². The van der Waals surface area contributed by atoms with Gasteiger partial charge in [0.15, 0.2) is 5.82 Å². The van der Waals surface area contributed by atoms with E-state index in [4.69, 9.17) is 9.72 Å². The van der Waals surface area contributed by atoms with Crippen LogP contribution in [0.4, 0.5) is 5.82 Å². The van der Waals surface area contributed by atoms with Gasteiger partial charge in [-0.05, 0) is 43.2 Å². The van der Waals surface area contributed by atoms with Crippen molar-refractivity contribution in [2.24, 2.45) is 0 Å². The minimum Gasteiger partial charge on any atom is -0.462 e. The van der Waals surface area contributed by atoms with Crippen LogP contribution in [0.15, 0.2) is 91.1 Å². The zero-order chi connectivity index (χ0) is 25.8. The summed E-state index contributed by atoms with van der Waals surface area (Å²) in [6, 6.07) is 26.7. The topological polar surface area (TPSA) is 86.1 Å². The fourth-order valence-electron chi connectivity index (χ4n) is 4.19. The van der Waals surface area contributed by atoms with E-state index in [1.165, 1.54) is 16.4 Å². The van der Waals surface area contributed by atoms with Crippen molar-refractivity contribution in [2.75, 3.05) is 11.9 Å². The number of nitrogens with zero attached hydrogens (tertiary/aromatic N) is 3. The molecule has 0 fully saturated rings. The number of benzene rings is 3. The van der Waals surface area contributed by atoms with Crippen molar-refractivity contribution in [3.63, 3.8) is 0 Å². The van der Waals surface area contributed by atoms with Gasteiger partial charge in [0.05, 0.1) is 35.3 Å². The minimum atomic E-state index is -0.559. The lowest BCUT2D eigenvalue weighted by atomic mass is 10.0. The van der Waals surface area contributed by atoms with Crippen LogP contribution >= 0.6 is 0 Å². The van der Waals surface area contributed by atoms with E-state index in [1.807, 2.05) is 66.7 Å². The molecule has 3 aromatic carbocycles. The first-order valence-corrected chi connectivity index (χ1v) is 12.2. The summed E-state index contributed by atoms with van der Waals surface area (Å²) in [6.07, 6.45) is 2.35. The zero-order valence-electron chi connectivity index (χ0n) is 20.6. The molecule has 0 atom stereocenters. The molecule has 7 heteroatoms. The number of esters is 1. The lowest BCUT2D eigenvalue weighted by Crippen LogP contribution is -2.18. The summed E-state index contributed by atoms with van der Waals surface area (Å²) in [5, 5.41) is 8.01. The number of pyridine rings is 1. The highest BCUT2D eigenvalue weighted by Crippen LogP contribution is 2.28. The van der Waals surface area contributed by atoms with Crippen LogP contribution in [0, 0.1) is 0 Å². The molecule has 184 valence electrons. The Balaban J connectivity index is 1.60. The Morgan fingerprint density at radius 2 is 1.62 bits per heavy atom. The fraction of sp³-hybridized carbons (Fsp3) is 0.133. The molecule has 0 saturated carbocycles. The monoisotopic (exact) mass is 490 g/mol. The van der Waals surface area contributed by atoms with Gasteiger partial charge in [-0.15, -0.1) is 0 Å². The average Bonchev–Trinajstić information content (AvgIpc) is 3.36. The van der Waals surface area contributed by atoms with Gasteiger partial charge in [-0.3, -0.25) is 4.79 Å². The highest BCUT2D eigenvalue weighted by Gasteiger charge is 2.23. The molecule has 2 heterocycles. The maximum atomic E-state index is 13.8. The second-order valence-corrected chi connectivity index (χ2v) is 8.45. The Morgan fingerprint density at radius 1 is 0.892 bits per heavy atom. The van der Waals surface area contributed by atoms with E-state index in [9.17, 15) is 9.59 Å². The lowest BCUT2D eigenvalue weighted by Gasteiger charge is -2.13. The number of nitrogens with one attached hydrogen (secondary N) is 1. The van der Waals surface area contributed by atoms with Crippen molar-refractivity contribution < 1.29 is 14.3 Å². The number of anilines is 1. The highest BCUT2D eigenvalue weighted by molar-refractivity contribution is 6.14. The van der Waals surface area contributed by atoms with Gasteiger partial charge >= 0.3 is 5.97 Å². The maximum absolute atomic E-state index is 13.8. The van der Waals surface area contributed by atoms with Crippen molar-refractivity contribution in [1.82, 2.24) is 14.8 Å². The predicted molar refractivity (Wildman–Crippen MR) is 144 cm³/mol. The van der Waals surface area contributed by atoms with Crippen LogP contribution in [0.1, 0.15) is 40.1 Å². The fourth-order valence-corrected chi connectivity index (χ4v) is 4.19. The Labute approximate surface area is 214 Å². The molecule has 0 aliphatic heterocycles. The van der Waals surface area contributed by atoms with E-state index in [-0.39, 0.29) is 23.9 Å². The molecule has 0 saturated heterocycles. The summed E-state index contributed by atoms with van der Waals surface area (Å²) in [5.74, 6) is -0.700. The molecule has 1 N–H and O–H groups in total. The number of hydrogen-bond acceptors (Lipinski definition) is 5. The normalized spacial score (nSPS) is 10.9. The van der Waals surface area contributed by atoms with Crippen molar-refractivity contribution >= 4 is 28.6 Å². The number of aryl methyl sites for hydroxylation is 1. The summed E-state index contributed by atoms with van der Waals surface area (Å²) in [5.41, 5.74) is 4.84. The number of hydrogen-bond donors (Lipinski definition) is 1. The van der Waals surface area contributed by atoms with Crippen LogP contribution in [0.25, 0.3) is 27.8 Å². The third-order valence-corrected chi connectivity index (χ3v) is 6.12. The smallest absolute Gasteiger partial charge is 0.343 e. The molecular weight excluding hydrogens is 464 g/mol. The Hall–Kier alpha value is -4.78. The Bertz CT molecular complexity index is 1570. The number of amides is 1. The number of para-hydroxylation sites is 2. The van der Waals surface area contributed by atoms with Gasteiger partial charge in [-0.25, -0.2) is 14.5 Å². The molecule has 2 aromatic heterocycles. The average molecular weight is 491 g/mol. The van der Waals surface area contributed by atoms with Gasteiger partial charge in [0.25, 0.3) is 5.91 Å². The molecule has 1 amide bonds. The molecule has 7 nitrogen and oxygen atoms in total. The van der Waals surface area contributed by atoms with Crippen molar-refractivity contribution in [2.45, 2.75) is 20.3 Å². The first-order valence-electron chi connectivity index (χ1n) is 12.2. The SMILES string of the molecule is CCOC(=O)c1cnn(-c2ccccc2)c1NC(=O)c1cc(-c2ccc(CC)cc2)nc2ccccc12. The highest BCUT2D eigenvalue weighted by atomic mass is 16.5. The summed E-state index contributed by atoms with van der Waals surface area (Å²) in [6.45, 7) is 4.05. The Kier molecular flexibility index (Phi) is 6.76. The van der Waals surface area contributed by atoms with Crippen LogP contribution in [0.5, 0.6) is 0 Å². The number of carbonyl (C=O) groups excluding carboxylic acids is 2. The molecular formula is C30H26N4O3. The van der Waals surface area contributed by atoms with Crippen LogP contribution < -0.4 is 5.32 Å². The molecule has 0 unspecified atom stereocenters. The van der Waals surface area contributed by atoms with E-state index in [0.717, 1.165) is 12.0 Å². The lowest BCUT2D eigenvalue weighted by molar-refractivity contribution is 0.0527.